The van der Waals surface area contributed by atoms with E-state index in [4.69, 9.17) is 9.15 Å². The van der Waals surface area contributed by atoms with Gasteiger partial charge in [-0.2, -0.15) is 5.10 Å². The van der Waals surface area contributed by atoms with E-state index in [1.54, 1.807) is 29.2 Å². The number of nitrogens with zero attached hydrogens (tertiary/aromatic N) is 2. The summed E-state index contributed by atoms with van der Waals surface area (Å²) in [6.07, 6.45) is 3.45. The highest BCUT2D eigenvalue weighted by Crippen LogP contribution is 2.14. The standard InChI is InChI=1S/C19H19N3O4/c1-13-8-14(2)10-15(9-13)21-18(23)12-25-19(24)17-5-4-16(26-17)11-22-7-3-6-20-22/h3-10H,11-12H2,1-2H3,(H,21,23). The van der Waals surface area contributed by atoms with Gasteiger partial charge >= 0.3 is 5.97 Å². The van der Waals surface area contributed by atoms with Gasteiger partial charge in [-0.3, -0.25) is 9.48 Å². The second-order valence-corrected chi connectivity index (χ2v) is 5.97. The first-order chi connectivity index (χ1) is 12.5. The first-order valence-corrected chi connectivity index (χ1v) is 8.11. The number of hydrogen-bond donors (Lipinski definition) is 1. The number of carbonyl (C=O) groups is 2. The molecule has 0 spiro atoms. The first-order valence-electron chi connectivity index (χ1n) is 8.11. The highest BCUT2D eigenvalue weighted by molar-refractivity contribution is 5.94. The lowest BCUT2D eigenvalue weighted by Gasteiger charge is -2.07. The minimum atomic E-state index is -0.688. The molecule has 0 bridgehead atoms. The van der Waals surface area contributed by atoms with E-state index in [1.807, 2.05) is 32.0 Å². The highest BCUT2D eigenvalue weighted by atomic mass is 16.5. The van der Waals surface area contributed by atoms with Crippen LogP contribution in [-0.4, -0.2) is 28.3 Å². The summed E-state index contributed by atoms with van der Waals surface area (Å²) in [7, 11) is 0. The maximum Gasteiger partial charge on any atom is 0.374 e. The summed E-state index contributed by atoms with van der Waals surface area (Å²) in [5.74, 6) is -0.481. The number of esters is 1. The normalized spacial score (nSPS) is 10.5. The van der Waals surface area contributed by atoms with E-state index in [1.165, 1.54) is 6.07 Å². The van der Waals surface area contributed by atoms with Gasteiger partial charge in [0.1, 0.15) is 5.76 Å². The number of amides is 1. The second kappa shape index (κ2) is 7.69. The molecule has 7 nitrogen and oxygen atoms in total. The van der Waals surface area contributed by atoms with Crippen molar-refractivity contribution in [1.29, 1.82) is 0 Å². The van der Waals surface area contributed by atoms with E-state index in [2.05, 4.69) is 10.4 Å². The van der Waals surface area contributed by atoms with Crippen molar-refractivity contribution in [3.8, 4) is 0 Å². The molecule has 1 amide bonds. The van der Waals surface area contributed by atoms with Crippen LogP contribution in [-0.2, 0) is 16.1 Å². The average Bonchev–Trinajstić information content (AvgIpc) is 3.24. The molecule has 0 saturated heterocycles. The van der Waals surface area contributed by atoms with Gasteiger partial charge in [0.15, 0.2) is 6.61 Å². The minimum Gasteiger partial charge on any atom is -0.452 e. The van der Waals surface area contributed by atoms with Crippen molar-refractivity contribution in [2.45, 2.75) is 20.4 Å². The molecule has 3 rings (SSSR count). The molecule has 0 aliphatic carbocycles. The molecule has 2 aromatic heterocycles. The van der Waals surface area contributed by atoms with Crippen molar-refractivity contribution >= 4 is 17.6 Å². The molecular formula is C19H19N3O4. The van der Waals surface area contributed by atoms with Gasteiger partial charge in [-0.15, -0.1) is 0 Å². The van der Waals surface area contributed by atoms with E-state index < -0.39 is 11.9 Å². The zero-order chi connectivity index (χ0) is 18.5. The fraction of sp³-hybridized carbons (Fsp3) is 0.211. The number of rotatable bonds is 6. The number of aryl methyl sites for hydroxylation is 2. The maximum atomic E-state index is 12.0. The number of benzene rings is 1. The van der Waals surface area contributed by atoms with Crippen LogP contribution in [0.25, 0.3) is 0 Å². The largest absolute Gasteiger partial charge is 0.452 e. The van der Waals surface area contributed by atoms with Crippen molar-refractivity contribution in [2.24, 2.45) is 0 Å². The van der Waals surface area contributed by atoms with Crippen LogP contribution in [0.1, 0.15) is 27.4 Å². The van der Waals surface area contributed by atoms with Gasteiger partial charge in [0.25, 0.3) is 5.91 Å². The monoisotopic (exact) mass is 353 g/mol. The molecule has 1 N–H and O–H groups in total. The molecule has 3 aromatic rings. The van der Waals surface area contributed by atoms with E-state index in [9.17, 15) is 9.59 Å². The van der Waals surface area contributed by atoms with Crippen LogP contribution in [0.4, 0.5) is 5.69 Å². The molecule has 26 heavy (non-hydrogen) atoms. The Bertz CT molecular complexity index is 893. The predicted octanol–water partition coefficient (Wildman–Crippen LogP) is 2.94. The van der Waals surface area contributed by atoms with Gasteiger partial charge in [0.05, 0.1) is 6.54 Å². The van der Waals surface area contributed by atoms with E-state index >= 15 is 0 Å². The molecular weight excluding hydrogens is 334 g/mol. The van der Waals surface area contributed by atoms with Crippen molar-refractivity contribution in [3.05, 3.63) is 71.4 Å². The lowest BCUT2D eigenvalue weighted by Crippen LogP contribution is -2.20. The molecule has 0 aliphatic heterocycles. The van der Waals surface area contributed by atoms with Gasteiger partial charge in [-0.1, -0.05) is 6.07 Å². The third kappa shape index (κ3) is 4.60. The highest BCUT2D eigenvalue weighted by Gasteiger charge is 2.15. The summed E-state index contributed by atoms with van der Waals surface area (Å²) in [6.45, 7) is 3.91. The van der Waals surface area contributed by atoms with Gasteiger partial charge in [0.2, 0.25) is 5.76 Å². The van der Waals surface area contributed by atoms with Crippen LogP contribution >= 0.6 is 0 Å². The molecule has 0 saturated carbocycles. The first kappa shape index (κ1) is 17.5. The van der Waals surface area contributed by atoms with Crippen molar-refractivity contribution in [2.75, 3.05) is 11.9 Å². The van der Waals surface area contributed by atoms with Gasteiger partial charge in [-0.25, -0.2) is 4.79 Å². The number of aromatic nitrogens is 2. The van der Waals surface area contributed by atoms with Crippen LogP contribution < -0.4 is 5.32 Å². The number of carbonyl (C=O) groups excluding carboxylic acids is 2. The fourth-order valence-electron chi connectivity index (χ4n) is 2.57. The molecule has 0 radical (unpaired) electrons. The predicted molar refractivity (Wildman–Crippen MR) is 94.9 cm³/mol. The molecule has 0 atom stereocenters. The third-order valence-electron chi connectivity index (χ3n) is 3.58. The Morgan fingerprint density at radius 1 is 1.19 bits per heavy atom. The van der Waals surface area contributed by atoms with Crippen LogP contribution in [0.2, 0.25) is 0 Å². The second-order valence-electron chi connectivity index (χ2n) is 5.97. The number of ether oxygens (including phenoxy) is 1. The molecule has 0 unspecified atom stereocenters. The molecule has 0 aliphatic rings. The summed E-state index contributed by atoms with van der Waals surface area (Å²) < 4.78 is 12.1. The molecule has 134 valence electrons. The van der Waals surface area contributed by atoms with Crippen LogP contribution in [0.5, 0.6) is 0 Å². The van der Waals surface area contributed by atoms with Gasteiger partial charge in [-0.05, 0) is 55.3 Å². The van der Waals surface area contributed by atoms with Crippen LogP contribution in [0.15, 0.2) is 53.2 Å². The Morgan fingerprint density at radius 3 is 2.65 bits per heavy atom. The SMILES string of the molecule is Cc1cc(C)cc(NC(=O)COC(=O)c2ccc(Cn3cccn3)o2)c1. The van der Waals surface area contributed by atoms with Gasteiger partial charge < -0.3 is 14.5 Å². The topological polar surface area (TPSA) is 86.4 Å². The summed E-state index contributed by atoms with van der Waals surface area (Å²) in [4.78, 5) is 24.0. The zero-order valence-electron chi connectivity index (χ0n) is 14.6. The lowest BCUT2D eigenvalue weighted by molar-refractivity contribution is -0.119. The average molecular weight is 353 g/mol. The van der Waals surface area contributed by atoms with E-state index in [0.717, 1.165) is 11.1 Å². The zero-order valence-corrected chi connectivity index (χ0v) is 14.6. The number of hydrogen-bond acceptors (Lipinski definition) is 5. The molecule has 2 heterocycles. The Hall–Kier alpha value is -3.35. The Kier molecular flexibility index (Phi) is 5.17. The van der Waals surface area contributed by atoms with Crippen molar-refractivity contribution < 1.29 is 18.7 Å². The molecule has 7 heteroatoms. The summed E-state index contributed by atoms with van der Waals surface area (Å²) >= 11 is 0. The minimum absolute atomic E-state index is 0.0476. The lowest BCUT2D eigenvalue weighted by atomic mass is 10.1. The fourth-order valence-corrected chi connectivity index (χ4v) is 2.57. The van der Waals surface area contributed by atoms with E-state index in [-0.39, 0.29) is 12.4 Å². The maximum absolute atomic E-state index is 12.0. The Morgan fingerprint density at radius 2 is 1.96 bits per heavy atom. The third-order valence-corrected chi connectivity index (χ3v) is 3.58. The number of furan rings is 1. The number of anilines is 1. The summed E-state index contributed by atoms with van der Waals surface area (Å²) in [5, 5.41) is 6.77. The van der Waals surface area contributed by atoms with Crippen molar-refractivity contribution in [1.82, 2.24) is 9.78 Å². The molecule has 1 aromatic carbocycles. The number of nitrogens with one attached hydrogen (secondary N) is 1. The Balaban J connectivity index is 1.52. The molecule has 0 fully saturated rings. The summed E-state index contributed by atoms with van der Waals surface area (Å²) in [6, 6.07) is 10.7. The smallest absolute Gasteiger partial charge is 0.374 e. The van der Waals surface area contributed by atoms with Gasteiger partial charge in [0, 0.05) is 18.1 Å². The Labute approximate surface area is 150 Å². The van der Waals surface area contributed by atoms with Crippen LogP contribution in [0, 0.1) is 13.8 Å². The van der Waals surface area contributed by atoms with Crippen LogP contribution in [0.3, 0.4) is 0 Å². The summed E-state index contributed by atoms with van der Waals surface area (Å²) in [5.41, 5.74) is 2.75. The van der Waals surface area contributed by atoms with Crippen molar-refractivity contribution in [3.63, 3.8) is 0 Å². The quantitative estimate of drug-likeness (QED) is 0.689. The van der Waals surface area contributed by atoms with E-state index in [0.29, 0.717) is 18.0 Å².